The van der Waals surface area contributed by atoms with Crippen LogP contribution in [0.2, 0.25) is 0 Å². The van der Waals surface area contributed by atoms with Crippen molar-refractivity contribution in [3.63, 3.8) is 0 Å². The fourth-order valence-corrected chi connectivity index (χ4v) is 1.27. The second kappa shape index (κ2) is 5.86. The van der Waals surface area contributed by atoms with Gasteiger partial charge in [-0.15, -0.1) is 0 Å². The predicted octanol–water partition coefficient (Wildman–Crippen LogP) is 2.27. The van der Waals surface area contributed by atoms with E-state index in [9.17, 15) is 0 Å². The molecule has 0 amide bonds. The summed E-state index contributed by atoms with van der Waals surface area (Å²) in [5.41, 5.74) is 7.81. The Bertz CT molecular complexity index is 198. The van der Waals surface area contributed by atoms with E-state index in [-0.39, 0.29) is 5.60 Å². The molecule has 2 heterocycles. The molecule has 2 aliphatic heterocycles. The van der Waals surface area contributed by atoms with E-state index in [1.165, 1.54) is 12.8 Å². The van der Waals surface area contributed by atoms with Gasteiger partial charge >= 0.3 is 0 Å². The summed E-state index contributed by atoms with van der Waals surface area (Å²) in [7, 11) is 0. The van der Waals surface area contributed by atoms with E-state index < -0.39 is 0 Å². The number of rotatable bonds is 2. The zero-order chi connectivity index (χ0) is 10.3. The average Bonchev–Trinajstić information content (AvgIpc) is 2.69. The first-order chi connectivity index (χ1) is 6.77. The number of nitrogens with zero attached hydrogens (tertiary/aromatic N) is 3. The minimum atomic E-state index is -0.147. The molecule has 0 spiro atoms. The summed E-state index contributed by atoms with van der Waals surface area (Å²) < 4.78 is 10.1. The molecule has 1 unspecified atom stereocenters. The molecule has 0 aromatic rings. The van der Waals surface area contributed by atoms with E-state index in [0.717, 1.165) is 26.2 Å². The van der Waals surface area contributed by atoms with Crippen LogP contribution in [0.3, 0.4) is 0 Å². The first-order valence-electron chi connectivity index (χ1n) is 4.99. The molecule has 0 aliphatic carbocycles. The third-order valence-electron chi connectivity index (χ3n) is 2.38. The zero-order valence-corrected chi connectivity index (χ0v) is 8.61. The highest BCUT2D eigenvalue weighted by molar-refractivity contribution is 4.84. The van der Waals surface area contributed by atoms with Crippen LogP contribution in [0.15, 0.2) is 5.11 Å². The first-order valence-corrected chi connectivity index (χ1v) is 4.99. The minimum absolute atomic E-state index is 0.147. The fraction of sp³-hybridized carbons (Fsp3) is 1.00. The third-order valence-corrected chi connectivity index (χ3v) is 2.38. The summed E-state index contributed by atoms with van der Waals surface area (Å²) in [6.45, 7) is 5.21. The van der Waals surface area contributed by atoms with Gasteiger partial charge in [-0.05, 0) is 31.7 Å². The highest BCUT2D eigenvalue weighted by Crippen LogP contribution is 2.25. The molecule has 0 saturated carbocycles. The number of ether oxygens (including phenoxy) is 2. The largest absolute Gasteiger partial charge is 0.381 e. The smallest absolute Gasteiger partial charge is 0.0732 e. The quantitative estimate of drug-likeness (QED) is 0.389. The van der Waals surface area contributed by atoms with Gasteiger partial charge in [0.1, 0.15) is 0 Å². The molecule has 2 aliphatic rings. The van der Waals surface area contributed by atoms with E-state index in [4.69, 9.17) is 15.0 Å². The SMILES string of the molecule is C1CCOC1.CC1(CN=[N+]=[N-])CCO1. The predicted molar refractivity (Wildman–Crippen MR) is 53.0 cm³/mol. The highest BCUT2D eigenvalue weighted by Gasteiger charge is 2.31. The zero-order valence-electron chi connectivity index (χ0n) is 8.61. The van der Waals surface area contributed by atoms with Gasteiger partial charge < -0.3 is 9.47 Å². The normalized spacial score (nSPS) is 29.5. The van der Waals surface area contributed by atoms with Crippen molar-refractivity contribution in [3.8, 4) is 0 Å². The molecule has 0 radical (unpaired) electrons. The van der Waals surface area contributed by atoms with E-state index in [1.807, 2.05) is 6.92 Å². The van der Waals surface area contributed by atoms with Crippen LogP contribution in [-0.2, 0) is 9.47 Å². The van der Waals surface area contributed by atoms with Crippen molar-refractivity contribution >= 4 is 0 Å². The number of hydrogen-bond acceptors (Lipinski definition) is 3. The van der Waals surface area contributed by atoms with E-state index in [0.29, 0.717) is 6.54 Å². The maximum absolute atomic E-state index is 7.95. The maximum atomic E-state index is 7.95. The Morgan fingerprint density at radius 2 is 2.00 bits per heavy atom. The van der Waals surface area contributed by atoms with E-state index >= 15 is 0 Å². The van der Waals surface area contributed by atoms with Crippen LogP contribution in [-0.4, -0.2) is 32.0 Å². The van der Waals surface area contributed by atoms with E-state index in [1.54, 1.807) is 0 Å². The molecule has 5 heteroatoms. The lowest BCUT2D eigenvalue weighted by atomic mass is 9.98. The number of azide groups is 1. The van der Waals surface area contributed by atoms with Crippen LogP contribution >= 0.6 is 0 Å². The molecule has 2 rings (SSSR count). The van der Waals surface area contributed by atoms with Gasteiger partial charge in [-0.25, -0.2) is 0 Å². The van der Waals surface area contributed by atoms with Gasteiger partial charge in [-0.1, -0.05) is 5.11 Å². The summed E-state index contributed by atoms with van der Waals surface area (Å²) in [5, 5.41) is 3.42. The van der Waals surface area contributed by atoms with Crippen LogP contribution in [0.25, 0.3) is 10.4 Å². The molecule has 14 heavy (non-hydrogen) atoms. The lowest BCUT2D eigenvalue weighted by Crippen LogP contribution is -2.43. The highest BCUT2D eigenvalue weighted by atomic mass is 16.5. The van der Waals surface area contributed by atoms with Crippen LogP contribution in [0.5, 0.6) is 0 Å². The van der Waals surface area contributed by atoms with Crippen molar-refractivity contribution < 1.29 is 9.47 Å². The van der Waals surface area contributed by atoms with Crippen LogP contribution in [0.1, 0.15) is 26.2 Å². The van der Waals surface area contributed by atoms with Gasteiger partial charge in [0.2, 0.25) is 0 Å². The molecule has 0 aromatic heterocycles. The van der Waals surface area contributed by atoms with Gasteiger partial charge in [0, 0.05) is 18.1 Å². The fourth-order valence-electron chi connectivity index (χ4n) is 1.27. The standard InChI is InChI=1S/C5H9N3O.C4H8O/c1-5(2-3-9-5)4-7-8-6;1-2-4-5-3-1/h2-4H2,1H3;1-4H2. The maximum Gasteiger partial charge on any atom is 0.0732 e. The summed E-state index contributed by atoms with van der Waals surface area (Å²) >= 11 is 0. The molecule has 80 valence electrons. The van der Waals surface area contributed by atoms with Gasteiger partial charge in [-0.3, -0.25) is 0 Å². The van der Waals surface area contributed by atoms with Crippen molar-refractivity contribution in [2.45, 2.75) is 31.8 Å². The third kappa shape index (κ3) is 3.96. The number of hydrogen-bond donors (Lipinski definition) is 0. The van der Waals surface area contributed by atoms with Crippen molar-refractivity contribution in [2.24, 2.45) is 5.11 Å². The van der Waals surface area contributed by atoms with Crippen molar-refractivity contribution in [2.75, 3.05) is 26.4 Å². The van der Waals surface area contributed by atoms with Gasteiger partial charge in [0.05, 0.1) is 18.8 Å². The topological polar surface area (TPSA) is 67.2 Å². The molecule has 0 bridgehead atoms. The molecule has 1 atom stereocenters. The molecular weight excluding hydrogens is 182 g/mol. The van der Waals surface area contributed by atoms with Crippen molar-refractivity contribution in [1.82, 2.24) is 0 Å². The first kappa shape index (κ1) is 11.3. The Morgan fingerprint density at radius 1 is 1.36 bits per heavy atom. The Hall–Kier alpha value is -0.770. The Labute approximate surface area is 84.0 Å². The lowest BCUT2D eigenvalue weighted by Gasteiger charge is -2.37. The van der Waals surface area contributed by atoms with Crippen LogP contribution < -0.4 is 0 Å². The molecule has 0 N–H and O–H groups in total. The van der Waals surface area contributed by atoms with Crippen molar-refractivity contribution in [1.29, 1.82) is 0 Å². The van der Waals surface area contributed by atoms with Crippen molar-refractivity contribution in [3.05, 3.63) is 10.4 Å². The monoisotopic (exact) mass is 199 g/mol. The minimum Gasteiger partial charge on any atom is -0.381 e. The molecule has 2 saturated heterocycles. The lowest BCUT2D eigenvalue weighted by molar-refractivity contribution is -0.126. The van der Waals surface area contributed by atoms with Gasteiger partial charge in [0.25, 0.3) is 0 Å². The molecule has 0 aromatic carbocycles. The van der Waals surface area contributed by atoms with Crippen LogP contribution in [0.4, 0.5) is 0 Å². The summed E-state index contributed by atoms with van der Waals surface area (Å²) in [5.74, 6) is 0. The summed E-state index contributed by atoms with van der Waals surface area (Å²) in [6, 6.07) is 0. The second-order valence-electron chi connectivity index (χ2n) is 3.76. The summed E-state index contributed by atoms with van der Waals surface area (Å²) in [4.78, 5) is 2.65. The average molecular weight is 199 g/mol. The van der Waals surface area contributed by atoms with Crippen LogP contribution in [0, 0.1) is 0 Å². The summed E-state index contributed by atoms with van der Waals surface area (Å²) in [6.07, 6.45) is 3.56. The second-order valence-corrected chi connectivity index (χ2v) is 3.76. The Balaban J connectivity index is 0.000000165. The molecule has 2 fully saturated rings. The van der Waals surface area contributed by atoms with Gasteiger partial charge in [-0.2, -0.15) is 0 Å². The van der Waals surface area contributed by atoms with Gasteiger partial charge in [0.15, 0.2) is 0 Å². The van der Waals surface area contributed by atoms with E-state index in [2.05, 4.69) is 10.0 Å². The Kier molecular flexibility index (Phi) is 4.73. The Morgan fingerprint density at radius 3 is 2.29 bits per heavy atom. The molecule has 5 nitrogen and oxygen atoms in total. The molecular formula is C9H17N3O2.